The van der Waals surface area contributed by atoms with Crippen molar-refractivity contribution in [2.75, 3.05) is 5.73 Å². The lowest BCUT2D eigenvalue weighted by Crippen LogP contribution is -2.01. The molecule has 1 aromatic heterocycles. The second-order valence-electron chi connectivity index (χ2n) is 3.63. The van der Waals surface area contributed by atoms with Crippen LogP contribution in [0.5, 0.6) is 0 Å². The lowest BCUT2D eigenvalue weighted by Gasteiger charge is -2.04. The molecule has 0 saturated heterocycles. The highest BCUT2D eigenvalue weighted by molar-refractivity contribution is 6.33. The molecule has 88 valence electrons. The van der Waals surface area contributed by atoms with Gasteiger partial charge in [0.1, 0.15) is 11.6 Å². The van der Waals surface area contributed by atoms with Crippen molar-refractivity contribution in [1.29, 1.82) is 0 Å². The zero-order chi connectivity index (χ0) is 12.3. The van der Waals surface area contributed by atoms with E-state index >= 15 is 0 Å². The Morgan fingerprint density at radius 3 is 2.71 bits per heavy atom. The van der Waals surface area contributed by atoms with Gasteiger partial charge >= 0.3 is 0 Å². The van der Waals surface area contributed by atoms with Gasteiger partial charge in [-0.3, -0.25) is 0 Å². The molecule has 0 spiro atoms. The molecule has 0 amide bonds. The fourth-order valence-corrected chi connectivity index (χ4v) is 1.92. The van der Waals surface area contributed by atoms with Crippen molar-refractivity contribution in [3.8, 4) is 0 Å². The molecule has 0 saturated carbocycles. The molecule has 3 nitrogen and oxygen atoms in total. The molecule has 5 heteroatoms. The van der Waals surface area contributed by atoms with Gasteiger partial charge in [0.05, 0.1) is 0 Å². The Bertz CT molecular complexity index is 529. The minimum atomic E-state index is 0.479. The number of anilines is 1. The van der Waals surface area contributed by atoms with Crippen molar-refractivity contribution < 1.29 is 0 Å². The fourth-order valence-electron chi connectivity index (χ4n) is 1.52. The van der Waals surface area contributed by atoms with Crippen LogP contribution < -0.4 is 5.73 Å². The number of benzene rings is 1. The predicted octanol–water partition coefficient (Wildman–Crippen LogP) is 3.15. The molecule has 0 atom stereocenters. The maximum atomic E-state index is 6.07. The highest BCUT2D eigenvalue weighted by Gasteiger charge is 2.04. The molecule has 0 aliphatic heterocycles. The predicted molar refractivity (Wildman–Crippen MR) is 70.3 cm³/mol. The Labute approximate surface area is 110 Å². The summed E-state index contributed by atoms with van der Waals surface area (Å²) in [6, 6.07) is 7.08. The van der Waals surface area contributed by atoms with E-state index < -0.39 is 0 Å². The minimum Gasteiger partial charge on any atom is -0.384 e. The lowest BCUT2D eigenvalue weighted by molar-refractivity contribution is 0.861. The Morgan fingerprint density at radius 2 is 1.94 bits per heavy atom. The van der Waals surface area contributed by atoms with Gasteiger partial charge in [0.15, 0.2) is 0 Å². The van der Waals surface area contributed by atoms with Gasteiger partial charge in [-0.2, -0.15) is 0 Å². The highest BCUT2D eigenvalue weighted by atomic mass is 35.5. The van der Waals surface area contributed by atoms with Crippen molar-refractivity contribution in [2.24, 2.45) is 0 Å². The Balaban J connectivity index is 2.09. The first-order valence-electron chi connectivity index (χ1n) is 5.16. The molecule has 0 unspecified atom stereocenters. The summed E-state index contributed by atoms with van der Waals surface area (Å²) >= 11 is 12.0. The van der Waals surface area contributed by atoms with Crippen LogP contribution in [0, 0.1) is 0 Å². The number of halogens is 2. The largest absolute Gasteiger partial charge is 0.384 e. The molecular weight excluding hydrogens is 257 g/mol. The van der Waals surface area contributed by atoms with Gasteiger partial charge in [0.25, 0.3) is 0 Å². The van der Waals surface area contributed by atoms with Gasteiger partial charge in [0, 0.05) is 22.7 Å². The quantitative estimate of drug-likeness (QED) is 0.930. The third-order valence-corrected chi connectivity index (χ3v) is 2.96. The van der Waals surface area contributed by atoms with Crippen molar-refractivity contribution in [1.82, 2.24) is 9.97 Å². The number of nitrogens with two attached hydrogens (primary N) is 1. The van der Waals surface area contributed by atoms with Crippen LogP contribution >= 0.6 is 23.2 Å². The smallest absolute Gasteiger partial charge is 0.130 e. The van der Waals surface area contributed by atoms with Crippen molar-refractivity contribution in [2.45, 2.75) is 12.8 Å². The summed E-state index contributed by atoms with van der Waals surface area (Å²) in [7, 11) is 0. The second kappa shape index (κ2) is 5.34. The topological polar surface area (TPSA) is 51.8 Å². The number of aromatic nitrogens is 2. The summed E-state index contributed by atoms with van der Waals surface area (Å²) in [5, 5.41) is 1.39. The van der Waals surface area contributed by atoms with E-state index in [1.165, 1.54) is 0 Å². The lowest BCUT2D eigenvalue weighted by atomic mass is 10.1. The zero-order valence-electron chi connectivity index (χ0n) is 9.03. The number of aryl methyl sites for hydroxylation is 2. The average Bonchev–Trinajstić information content (AvgIpc) is 2.30. The van der Waals surface area contributed by atoms with Gasteiger partial charge in [-0.25, -0.2) is 9.97 Å². The molecule has 2 N–H and O–H groups in total. The number of hydrogen-bond acceptors (Lipinski definition) is 3. The first-order chi connectivity index (χ1) is 8.15. The van der Waals surface area contributed by atoms with E-state index in [0.717, 1.165) is 12.0 Å². The van der Waals surface area contributed by atoms with Gasteiger partial charge in [0.2, 0.25) is 0 Å². The summed E-state index contributed by atoms with van der Waals surface area (Å²) in [5.74, 6) is 1.19. The average molecular weight is 268 g/mol. The fraction of sp³-hybridized carbons (Fsp3) is 0.167. The van der Waals surface area contributed by atoms with Crippen LogP contribution in [0.3, 0.4) is 0 Å². The number of rotatable bonds is 3. The summed E-state index contributed by atoms with van der Waals surface area (Å²) in [6.07, 6.45) is 3.07. The first-order valence-corrected chi connectivity index (χ1v) is 5.92. The van der Waals surface area contributed by atoms with Crippen LogP contribution in [0.4, 0.5) is 5.82 Å². The SMILES string of the molecule is Nc1ccnc(CCc2cc(Cl)ccc2Cl)n1. The number of nitrogen functional groups attached to an aromatic ring is 1. The van der Waals surface area contributed by atoms with Crippen molar-refractivity contribution in [3.05, 3.63) is 51.9 Å². The Hall–Kier alpha value is -1.32. The number of nitrogens with zero attached hydrogens (tertiary/aromatic N) is 2. The van der Waals surface area contributed by atoms with Gasteiger partial charge in [-0.1, -0.05) is 23.2 Å². The van der Waals surface area contributed by atoms with Crippen LogP contribution in [-0.2, 0) is 12.8 Å². The molecule has 0 bridgehead atoms. The molecular formula is C12H11Cl2N3. The van der Waals surface area contributed by atoms with E-state index in [1.54, 1.807) is 24.4 Å². The molecule has 2 rings (SSSR count). The van der Waals surface area contributed by atoms with E-state index in [0.29, 0.717) is 28.1 Å². The highest BCUT2D eigenvalue weighted by Crippen LogP contribution is 2.21. The van der Waals surface area contributed by atoms with Crippen LogP contribution in [0.2, 0.25) is 10.0 Å². The van der Waals surface area contributed by atoms with E-state index in [1.807, 2.05) is 6.07 Å². The summed E-state index contributed by atoms with van der Waals surface area (Å²) in [6.45, 7) is 0. The maximum Gasteiger partial charge on any atom is 0.130 e. The molecule has 0 fully saturated rings. The summed E-state index contributed by atoms with van der Waals surface area (Å²) in [4.78, 5) is 8.27. The van der Waals surface area contributed by atoms with Crippen molar-refractivity contribution >= 4 is 29.0 Å². The van der Waals surface area contributed by atoms with E-state index in [9.17, 15) is 0 Å². The van der Waals surface area contributed by atoms with E-state index in [2.05, 4.69) is 9.97 Å². The van der Waals surface area contributed by atoms with Crippen LogP contribution in [0.15, 0.2) is 30.5 Å². The van der Waals surface area contributed by atoms with Crippen molar-refractivity contribution in [3.63, 3.8) is 0 Å². The molecule has 0 radical (unpaired) electrons. The van der Waals surface area contributed by atoms with Crippen LogP contribution in [0.25, 0.3) is 0 Å². The molecule has 17 heavy (non-hydrogen) atoms. The molecule has 0 aliphatic carbocycles. The van der Waals surface area contributed by atoms with Gasteiger partial charge in [-0.15, -0.1) is 0 Å². The first kappa shape index (κ1) is 12.1. The summed E-state index contributed by atoms with van der Waals surface area (Å²) in [5.41, 5.74) is 6.57. The minimum absolute atomic E-state index is 0.479. The molecule has 1 heterocycles. The number of hydrogen-bond donors (Lipinski definition) is 1. The van der Waals surface area contributed by atoms with Crippen LogP contribution in [0.1, 0.15) is 11.4 Å². The molecule has 0 aliphatic rings. The maximum absolute atomic E-state index is 6.07. The second-order valence-corrected chi connectivity index (χ2v) is 4.48. The normalized spacial score (nSPS) is 10.5. The van der Waals surface area contributed by atoms with Gasteiger partial charge < -0.3 is 5.73 Å². The Kier molecular flexibility index (Phi) is 3.82. The molecule has 2 aromatic rings. The summed E-state index contributed by atoms with van der Waals surface area (Å²) < 4.78 is 0. The van der Waals surface area contributed by atoms with Crippen LogP contribution in [-0.4, -0.2) is 9.97 Å². The molecule has 1 aromatic carbocycles. The van der Waals surface area contributed by atoms with E-state index in [-0.39, 0.29) is 0 Å². The third-order valence-electron chi connectivity index (χ3n) is 2.35. The zero-order valence-corrected chi connectivity index (χ0v) is 10.5. The monoisotopic (exact) mass is 267 g/mol. The Morgan fingerprint density at radius 1 is 1.12 bits per heavy atom. The standard InChI is InChI=1S/C12H11Cl2N3/c13-9-2-3-10(14)8(7-9)1-4-12-16-6-5-11(15)17-12/h2-3,5-7H,1,4H2,(H2,15,16,17). The third kappa shape index (κ3) is 3.32. The van der Waals surface area contributed by atoms with Gasteiger partial charge in [-0.05, 0) is 36.2 Å². The van der Waals surface area contributed by atoms with E-state index in [4.69, 9.17) is 28.9 Å².